The van der Waals surface area contributed by atoms with Gasteiger partial charge in [-0.2, -0.15) is 5.10 Å². The second-order valence-electron chi connectivity index (χ2n) is 5.57. The number of fused-ring (bicyclic) bond motifs is 1. The Morgan fingerprint density at radius 1 is 1.24 bits per heavy atom. The average molecular weight is 349 g/mol. The third kappa shape index (κ3) is 3.14. The highest BCUT2D eigenvalue weighted by Gasteiger charge is 2.12. The van der Waals surface area contributed by atoms with Gasteiger partial charge in [-0.15, -0.1) is 11.3 Å². The Bertz CT molecular complexity index is 1040. The molecular weight excluding hydrogens is 334 g/mol. The first-order valence-electron chi connectivity index (χ1n) is 7.79. The molecule has 4 aromatic heterocycles. The largest absolute Gasteiger partial charge is 0.366 e. The number of pyridine rings is 1. The summed E-state index contributed by atoms with van der Waals surface area (Å²) >= 11 is 1.46. The molecule has 0 amide bonds. The molecule has 7 heteroatoms. The van der Waals surface area contributed by atoms with Crippen LogP contribution < -0.4 is 5.32 Å². The number of thiophene rings is 1. The Hall–Kier alpha value is -3.06. The molecule has 6 nitrogen and oxygen atoms in total. The van der Waals surface area contributed by atoms with Crippen LogP contribution in [0.4, 0.5) is 5.82 Å². The highest BCUT2D eigenvalue weighted by atomic mass is 32.1. The standard InChI is InChI=1S/C18H15N5OS/c1-12(24)15-4-5-16(25-15)14-11-21-23-8-6-17(22-18(14)23)20-10-13-3-2-7-19-9-13/h2-9,11H,10H2,1H3,(H,20,22). The summed E-state index contributed by atoms with van der Waals surface area (Å²) in [5, 5.41) is 7.65. The SMILES string of the molecule is CC(=O)c1ccc(-c2cnn3ccc(NCc4cccnc4)nc23)s1. The number of ketones is 1. The number of anilines is 1. The second-order valence-corrected chi connectivity index (χ2v) is 6.66. The summed E-state index contributed by atoms with van der Waals surface area (Å²) in [5.41, 5.74) is 2.76. The topological polar surface area (TPSA) is 72.2 Å². The van der Waals surface area contributed by atoms with E-state index in [-0.39, 0.29) is 5.78 Å². The van der Waals surface area contributed by atoms with Gasteiger partial charge in [0.25, 0.3) is 0 Å². The van der Waals surface area contributed by atoms with Crippen molar-refractivity contribution in [3.05, 3.63) is 65.6 Å². The van der Waals surface area contributed by atoms with E-state index in [4.69, 9.17) is 0 Å². The second kappa shape index (κ2) is 6.45. The fourth-order valence-electron chi connectivity index (χ4n) is 2.51. The van der Waals surface area contributed by atoms with Gasteiger partial charge in [-0.05, 0) is 36.8 Å². The zero-order chi connectivity index (χ0) is 17.2. The van der Waals surface area contributed by atoms with Gasteiger partial charge in [-0.3, -0.25) is 9.78 Å². The first-order valence-corrected chi connectivity index (χ1v) is 8.60. The van der Waals surface area contributed by atoms with Crippen LogP contribution in [0.25, 0.3) is 16.1 Å². The van der Waals surface area contributed by atoms with Gasteiger partial charge in [0.05, 0.1) is 16.6 Å². The van der Waals surface area contributed by atoms with Gasteiger partial charge in [-0.1, -0.05) is 6.07 Å². The summed E-state index contributed by atoms with van der Waals surface area (Å²) in [5.74, 6) is 0.834. The number of hydrogen-bond donors (Lipinski definition) is 1. The van der Waals surface area contributed by atoms with Crippen molar-refractivity contribution < 1.29 is 4.79 Å². The lowest BCUT2D eigenvalue weighted by Gasteiger charge is -2.06. The van der Waals surface area contributed by atoms with E-state index in [9.17, 15) is 4.79 Å². The molecule has 124 valence electrons. The lowest BCUT2D eigenvalue weighted by Crippen LogP contribution is -2.03. The van der Waals surface area contributed by atoms with Crippen LogP contribution in [0.3, 0.4) is 0 Å². The van der Waals surface area contributed by atoms with E-state index >= 15 is 0 Å². The summed E-state index contributed by atoms with van der Waals surface area (Å²) in [7, 11) is 0. The molecule has 0 spiro atoms. The lowest BCUT2D eigenvalue weighted by atomic mass is 10.2. The molecule has 0 bridgehead atoms. The molecule has 0 saturated carbocycles. The molecule has 0 aromatic carbocycles. The molecule has 0 aliphatic carbocycles. The number of nitrogens with one attached hydrogen (secondary N) is 1. The van der Waals surface area contributed by atoms with Gasteiger partial charge < -0.3 is 5.32 Å². The minimum absolute atomic E-state index is 0.0690. The molecule has 0 saturated heterocycles. The average Bonchev–Trinajstić information content (AvgIpc) is 3.27. The normalized spacial score (nSPS) is 10.9. The van der Waals surface area contributed by atoms with E-state index in [0.29, 0.717) is 6.54 Å². The first-order chi connectivity index (χ1) is 12.2. The molecule has 0 aliphatic heterocycles. The van der Waals surface area contributed by atoms with Crippen LogP contribution in [-0.4, -0.2) is 25.4 Å². The third-order valence-electron chi connectivity index (χ3n) is 3.78. The molecule has 1 N–H and O–H groups in total. The minimum atomic E-state index is 0.0690. The summed E-state index contributed by atoms with van der Waals surface area (Å²) in [6, 6.07) is 9.59. The fourth-order valence-corrected chi connectivity index (χ4v) is 3.42. The molecule has 0 fully saturated rings. The predicted molar refractivity (Wildman–Crippen MR) is 97.9 cm³/mol. The fraction of sp³-hybridized carbons (Fsp3) is 0.111. The van der Waals surface area contributed by atoms with Crippen molar-refractivity contribution >= 4 is 28.6 Å². The number of carbonyl (C=O) groups excluding carboxylic acids is 1. The summed E-state index contributed by atoms with van der Waals surface area (Å²) in [6.07, 6.45) is 7.23. The van der Waals surface area contributed by atoms with Crippen LogP contribution in [0, 0.1) is 0 Å². The summed E-state index contributed by atoms with van der Waals surface area (Å²) in [6.45, 7) is 2.22. The number of aromatic nitrogens is 4. The number of carbonyl (C=O) groups is 1. The zero-order valence-electron chi connectivity index (χ0n) is 13.5. The predicted octanol–water partition coefficient (Wildman–Crippen LogP) is 3.67. The van der Waals surface area contributed by atoms with E-state index in [1.165, 1.54) is 11.3 Å². The van der Waals surface area contributed by atoms with E-state index in [1.54, 1.807) is 23.8 Å². The number of hydrogen-bond acceptors (Lipinski definition) is 6. The van der Waals surface area contributed by atoms with Crippen LogP contribution in [0.2, 0.25) is 0 Å². The van der Waals surface area contributed by atoms with Gasteiger partial charge in [0.2, 0.25) is 0 Å². The van der Waals surface area contributed by atoms with Crippen LogP contribution in [0.5, 0.6) is 0 Å². The lowest BCUT2D eigenvalue weighted by molar-refractivity contribution is 0.102. The van der Waals surface area contributed by atoms with E-state index in [0.717, 1.165) is 32.3 Å². The summed E-state index contributed by atoms with van der Waals surface area (Å²) in [4.78, 5) is 22.0. The Labute approximate surface area is 148 Å². The quantitative estimate of drug-likeness (QED) is 0.557. The van der Waals surface area contributed by atoms with Crippen molar-refractivity contribution in [1.82, 2.24) is 19.6 Å². The molecule has 0 radical (unpaired) electrons. The van der Waals surface area contributed by atoms with Crippen molar-refractivity contribution in [2.45, 2.75) is 13.5 Å². The highest BCUT2D eigenvalue weighted by Crippen LogP contribution is 2.31. The smallest absolute Gasteiger partial charge is 0.169 e. The van der Waals surface area contributed by atoms with E-state index in [2.05, 4.69) is 20.4 Å². The Morgan fingerprint density at radius 3 is 2.92 bits per heavy atom. The van der Waals surface area contributed by atoms with Gasteiger partial charge in [0, 0.05) is 30.0 Å². The molecular formula is C18H15N5OS. The maximum atomic E-state index is 11.5. The van der Waals surface area contributed by atoms with Crippen molar-refractivity contribution in [2.75, 3.05) is 5.32 Å². The number of Topliss-reactive ketones (excluding diaryl/α,β-unsaturated/α-hetero) is 1. The van der Waals surface area contributed by atoms with Crippen molar-refractivity contribution in [3.8, 4) is 10.4 Å². The Balaban J connectivity index is 1.64. The van der Waals surface area contributed by atoms with Gasteiger partial charge in [0.15, 0.2) is 11.4 Å². The van der Waals surface area contributed by atoms with Crippen LogP contribution in [-0.2, 0) is 6.54 Å². The number of nitrogens with zero attached hydrogens (tertiary/aromatic N) is 4. The van der Waals surface area contributed by atoms with Gasteiger partial charge >= 0.3 is 0 Å². The molecule has 0 aliphatic rings. The van der Waals surface area contributed by atoms with Crippen molar-refractivity contribution in [3.63, 3.8) is 0 Å². The van der Waals surface area contributed by atoms with Crippen LogP contribution in [0.15, 0.2) is 55.1 Å². The Morgan fingerprint density at radius 2 is 2.16 bits per heavy atom. The summed E-state index contributed by atoms with van der Waals surface area (Å²) < 4.78 is 1.73. The van der Waals surface area contributed by atoms with E-state index < -0.39 is 0 Å². The molecule has 4 aromatic rings. The van der Waals surface area contributed by atoms with Crippen LogP contribution in [0.1, 0.15) is 22.2 Å². The highest BCUT2D eigenvalue weighted by molar-refractivity contribution is 7.17. The molecule has 4 rings (SSSR count). The van der Waals surface area contributed by atoms with Crippen LogP contribution >= 0.6 is 11.3 Å². The van der Waals surface area contributed by atoms with E-state index in [1.807, 2.05) is 42.7 Å². The van der Waals surface area contributed by atoms with Gasteiger partial charge in [-0.25, -0.2) is 9.50 Å². The third-order valence-corrected chi connectivity index (χ3v) is 5.00. The monoisotopic (exact) mass is 349 g/mol. The first kappa shape index (κ1) is 15.5. The van der Waals surface area contributed by atoms with Crippen molar-refractivity contribution in [1.29, 1.82) is 0 Å². The minimum Gasteiger partial charge on any atom is -0.366 e. The maximum Gasteiger partial charge on any atom is 0.169 e. The molecule has 0 unspecified atom stereocenters. The van der Waals surface area contributed by atoms with Crippen molar-refractivity contribution in [2.24, 2.45) is 0 Å². The Kier molecular flexibility index (Phi) is 3.99. The van der Waals surface area contributed by atoms with Gasteiger partial charge in [0.1, 0.15) is 5.82 Å². The molecule has 0 atom stereocenters. The molecule has 25 heavy (non-hydrogen) atoms. The zero-order valence-corrected chi connectivity index (χ0v) is 14.3. The maximum absolute atomic E-state index is 11.5. The number of rotatable bonds is 5. The molecule has 4 heterocycles.